The summed E-state index contributed by atoms with van der Waals surface area (Å²) >= 11 is 1.54. The van der Waals surface area contributed by atoms with Crippen molar-refractivity contribution in [2.45, 2.75) is 25.7 Å². The van der Waals surface area contributed by atoms with E-state index in [1.54, 1.807) is 29.5 Å². The third-order valence-corrected chi connectivity index (χ3v) is 4.84. The Bertz CT molecular complexity index is 669. The predicted molar refractivity (Wildman–Crippen MR) is 77.5 cm³/mol. The number of aryl methyl sites for hydroxylation is 2. The molecule has 0 unspecified atom stereocenters. The Morgan fingerprint density at radius 3 is 2.85 bits per heavy atom. The zero-order valence-electron chi connectivity index (χ0n) is 10.8. The molecule has 1 aromatic carbocycles. The first-order valence-electron chi connectivity index (χ1n) is 6.52. The maximum atomic E-state index is 12.3. The van der Waals surface area contributed by atoms with Gasteiger partial charge in [-0.1, -0.05) is 18.2 Å². The highest BCUT2D eigenvalue weighted by molar-refractivity contribution is 7.14. The molecular weight excluding hydrogens is 274 g/mol. The van der Waals surface area contributed by atoms with Crippen molar-refractivity contribution >= 4 is 22.8 Å². The van der Waals surface area contributed by atoms with Gasteiger partial charge in [0.25, 0.3) is 5.69 Å². The van der Waals surface area contributed by atoms with Crippen molar-refractivity contribution in [2.24, 2.45) is 0 Å². The third kappa shape index (κ3) is 2.36. The molecule has 0 radical (unpaired) electrons. The molecule has 0 N–H and O–H groups in total. The van der Waals surface area contributed by atoms with E-state index in [1.807, 2.05) is 6.07 Å². The fourth-order valence-corrected chi connectivity index (χ4v) is 3.76. The molecule has 0 fully saturated rings. The van der Waals surface area contributed by atoms with Gasteiger partial charge in [0, 0.05) is 22.9 Å². The average Bonchev–Trinajstić information content (AvgIpc) is 2.99. The zero-order chi connectivity index (χ0) is 14.1. The number of hydrogen-bond donors (Lipinski definition) is 0. The summed E-state index contributed by atoms with van der Waals surface area (Å²) in [4.78, 5) is 24.8. The molecule has 0 saturated heterocycles. The Morgan fingerprint density at radius 1 is 1.30 bits per heavy atom. The molecule has 0 saturated carbocycles. The summed E-state index contributed by atoms with van der Waals surface area (Å²) in [7, 11) is 0. The van der Waals surface area contributed by atoms with Gasteiger partial charge in [0.1, 0.15) is 0 Å². The molecule has 0 bridgehead atoms. The van der Waals surface area contributed by atoms with E-state index in [9.17, 15) is 14.9 Å². The maximum absolute atomic E-state index is 12.3. The highest BCUT2D eigenvalue weighted by Crippen LogP contribution is 2.31. The summed E-state index contributed by atoms with van der Waals surface area (Å²) in [5, 5.41) is 11.0. The third-order valence-electron chi connectivity index (χ3n) is 3.56. The Labute approximate surface area is 120 Å². The Balaban J connectivity index is 1.84. The molecule has 0 spiro atoms. The number of benzene rings is 1. The first-order valence-corrected chi connectivity index (χ1v) is 7.34. The van der Waals surface area contributed by atoms with Gasteiger partial charge < -0.3 is 0 Å². The van der Waals surface area contributed by atoms with Crippen LogP contribution in [-0.2, 0) is 19.3 Å². The number of hydrogen-bond acceptors (Lipinski definition) is 4. The summed E-state index contributed by atoms with van der Waals surface area (Å²) in [6.07, 6.45) is 3.36. The van der Waals surface area contributed by atoms with Gasteiger partial charge in [-0.25, -0.2) is 0 Å². The molecule has 1 aliphatic rings. The van der Waals surface area contributed by atoms with E-state index < -0.39 is 4.92 Å². The van der Waals surface area contributed by atoms with Crippen LogP contribution in [0.4, 0.5) is 5.69 Å². The highest BCUT2D eigenvalue weighted by atomic mass is 32.1. The van der Waals surface area contributed by atoms with Crippen molar-refractivity contribution in [1.82, 2.24) is 0 Å². The number of nitro groups is 1. The molecule has 1 aliphatic carbocycles. The quantitative estimate of drug-likeness (QED) is 0.490. The first kappa shape index (κ1) is 13.0. The molecular formula is C15H13NO3S. The van der Waals surface area contributed by atoms with Crippen LogP contribution in [0.15, 0.2) is 30.3 Å². The number of carbonyl (C=O) groups is 1. The topological polar surface area (TPSA) is 60.2 Å². The standard InChI is InChI=1S/C15H13NO3S/c17-13(15-9-11-5-3-7-14(11)20-15)8-10-4-1-2-6-12(10)16(18)19/h1-2,4,6,9H,3,5,7-8H2. The molecule has 0 atom stereocenters. The van der Waals surface area contributed by atoms with Crippen molar-refractivity contribution in [3.8, 4) is 0 Å². The minimum atomic E-state index is -0.434. The summed E-state index contributed by atoms with van der Waals surface area (Å²) in [6, 6.07) is 8.40. The number of fused-ring (bicyclic) bond motifs is 1. The zero-order valence-corrected chi connectivity index (χ0v) is 11.6. The van der Waals surface area contributed by atoms with E-state index in [4.69, 9.17) is 0 Å². The van der Waals surface area contributed by atoms with Crippen LogP contribution >= 0.6 is 11.3 Å². The van der Waals surface area contributed by atoms with Gasteiger partial charge in [-0.3, -0.25) is 14.9 Å². The molecule has 5 heteroatoms. The normalized spacial score (nSPS) is 13.2. The van der Waals surface area contributed by atoms with Crippen LogP contribution in [0.1, 0.15) is 32.1 Å². The highest BCUT2D eigenvalue weighted by Gasteiger charge is 2.21. The molecule has 102 valence electrons. The number of carbonyl (C=O) groups excluding carboxylic acids is 1. The van der Waals surface area contributed by atoms with Crippen LogP contribution in [0.3, 0.4) is 0 Å². The molecule has 1 heterocycles. The molecule has 20 heavy (non-hydrogen) atoms. The van der Waals surface area contributed by atoms with Crippen LogP contribution in [-0.4, -0.2) is 10.7 Å². The van der Waals surface area contributed by atoms with Gasteiger partial charge in [0.15, 0.2) is 5.78 Å². The molecule has 0 aliphatic heterocycles. The lowest BCUT2D eigenvalue weighted by Crippen LogP contribution is -2.04. The van der Waals surface area contributed by atoms with Crippen LogP contribution in [0.2, 0.25) is 0 Å². The number of ketones is 1. The largest absolute Gasteiger partial charge is 0.293 e. The van der Waals surface area contributed by atoms with Crippen LogP contribution in [0, 0.1) is 10.1 Å². The van der Waals surface area contributed by atoms with Crippen molar-refractivity contribution in [3.63, 3.8) is 0 Å². The molecule has 3 rings (SSSR count). The molecule has 4 nitrogen and oxygen atoms in total. The monoisotopic (exact) mass is 287 g/mol. The lowest BCUT2D eigenvalue weighted by atomic mass is 10.1. The van der Waals surface area contributed by atoms with E-state index in [-0.39, 0.29) is 17.9 Å². The number of nitrogens with zero attached hydrogens (tertiary/aromatic N) is 1. The fraction of sp³-hybridized carbons (Fsp3) is 0.267. The SMILES string of the molecule is O=C(Cc1ccccc1[N+](=O)[O-])c1cc2c(s1)CCC2. The number of thiophene rings is 1. The Morgan fingerprint density at radius 2 is 2.10 bits per heavy atom. The Hall–Kier alpha value is -2.01. The van der Waals surface area contributed by atoms with Crippen molar-refractivity contribution in [2.75, 3.05) is 0 Å². The van der Waals surface area contributed by atoms with E-state index in [0.717, 1.165) is 17.7 Å². The number of Topliss-reactive ketones (excluding diaryl/α,β-unsaturated/α-hetero) is 1. The van der Waals surface area contributed by atoms with Crippen LogP contribution < -0.4 is 0 Å². The lowest BCUT2D eigenvalue weighted by Gasteiger charge is -2.01. The van der Waals surface area contributed by atoms with E-state index in [0.29, 0.717) is 5.56 Å². The fourth-order valence-electron chi connectivity index (χ4n) is 2.56. The van der Waals surface area contributed by atoms with Gasteiger partial charge in [-0.2, -0.15) is 0 Å². The molecule has 2 aromatic rings. The van der Waals surface area contributed by atoms with Crippen molar-refractivity contribution < 1.29 is 9.72 Å². The van der Waals surface area contributed by atoms with Gasteiger partial charge in [-0.15, -0.1) is 11.3 Å². The second kappa shape index (κ2) is 5.17. The van der Waals surface area contributed by atoms with Crippen LogP contribution in [0.5, 0.6) is 0 Å². The predicted octanol–water partition coefficient (Wildman–Crippen LogP) is 3.57. The molecule has 0 amide bonds. The second-order valence-corrected chi connectivity index (χ2v) is 6.04. The summed E-state index contributed by atoms with van der Waals surface area (Å²) < 4.78 is 0. The smallest absolute Gasteiger partial charge is 0.273 e. The van der Waals surface area contributed by atoms with E-state index in [1.165, 1.54) is 22.9 Å². The average molecular weight is 287 g/mol. The second-order valence-electron chi connectivity index (χ2n) is 4.90. The van der Waals surface area contributed by atoms with E-state index >= 15 is 0 Å². The lowest BCUT2D eigenvalue weighted by molar-refractivity contribution is -0.385. The van der Waals surface area contributed by atoms with Crippen molar-refractivity contribution in [1.29, 1.82) is 0 Å². The number of para-hydroxylation sites is 1. The summed E-state index contributed by atoms with van der Waals surface area (Å²) in [6.45, 7) is 0. The van der Waals surface area contributed by atoms with Crippen molar-refractivity contribution in [3.05, 3.63) is 61.3 Å². The minimum Gasteiger partial charge on any atom is -0.293 e. The summed E-state index contributed by atoms with van der Waals surface area (Å²) in [5.41, 5.74) is 1.78. The van der Waals surface area contributed by atoms with Gasteiger partial charge in [-0.05, 0) is 30.9 Å². The van der Waals surface area contributed by atoms with Gasteiger partial charge in [0.2, 0.25) is 0 Å². The van der Waals surface area contributed by atoms with Gasteiger partial charge in [0.05, 0.1) is 9.80 Å². The minimum absolute atomic E-state index is 0.0185. The Kier molecular flexibility index (Phi) is 3.36. The van der Waals surface area contributed by atoms with Crippen LogP contribution in [0.25, 0.3) is 0 Å². The molecule has 1 aromatic heterocycles. The maximum Gasteiger partial charge on any atom is 0.273 e. The number of nitro benzene ring substituents is 1. The van der Waals surface area contributed by atoms with Gasteiger partial charge >= 0.3 is 0 Å². The van der Waals surface area contributed by atoms with E-state index in [2.05, 4.69) is 0 Å². The number of rotatable bonds is 4. The summed E-state index contributed by atoms with van der Waals surface area (Å²) in [5.74, 6) is -0.0290. The first-order chi connectivity index (χ1) is 9.65.